The Bertz CT molecular complexity index is 2690. The van der Waals surface area contributed by atoms with Crippen LogP contribution in [0.3, 0.4) is 0 Å². The summed E-state index contributed by atoms with van der Waals surface area (Å²) in [5.41, 5.74) is 10.0. The third-order valence-corrected chi connectivity index (χ3v) is 10.2. The quantitative estimate of drug-likeness (QED) is 0.192. The largest absolute Gasteiger partial charge is 0.507 e. The zero-order valence-corrected chi connectivity index (χ0v) is 28.0. The second kappa shape index (κ2) is 12.3. The highest BCUT2D eigenvalue weighted by atomic mass is 32.1. The molecular weight excluding hydrogens is 633 g/mol. The number of phenolic OH excluding ortho intramolecular Hbond substituents is 1. The van der Waals surface area contributed by atoms with Crippen molar-refractivity contribution >= 4 is 31.5 Å². The summed E-state index contributed by atoms with van der Waals surface area (Å²) >= 11 is 1.81. The molecule has 0 aliphatic carbocycles. The number of hydrogen-bond donors (Lipinski definition) is 1. The molecule has 0 aliphatic heterocycles. The molecule has 0 saturated heterocycles. The molecule has 0 atom stereocenters. The molecule has 1 N–H and O–H groups in total. The number of phenols is 1. The molecule has 0 spiro atoms. The van der Waals surface area contributed by atoms with E-state index >= 15 is 0 Å². The van der Waals surface area contributed by atoms with Gasteiger partial charge in [-0.25, -0.2) is 4.98 Å². The molecule has 0 bridgehead atoms. The summed E-state index contributed by atoms with van der Waals surface area (Å²) in [4.78, 5) is 9.98. The predicted molar refractivity (Wildman–Crippen MR) is 206 cm³/mol. The molecule has 4 heterocycles. The number of hydrogen-bond acceptors (Lipinski definition) is 5. The van der Waals surface area contributed by atoms with Crippen LogP contribution < -0.4 is 0 Å². The lowest BCUT2D eigenvalue weighted by atomic mass is 9.98. The SMILES string of the molecule is Cc1cc(-c2ccc(-c3ccc4c(c3)sc3ccccc34)o2)cc(-c2cccc(-c3cc(-c4ccccc4)cc(-c4ccccc4O)n3)c2)n1. The van der Waals surface area contributed by atoms with Gasteiger partial charge in [0.15, 0.2) is 0 Å². The fourth-order valence-electron chi connectivity index (χ4n) is 6.63. The van der Waals surface area contributed by atoms with E-state index in [0.717, 1.165) is 62.0 Å². The average Bonchev–Trinajstić information content (AvgIpc) is 3.81. The van der Waals surface area contributed by atoms with Crippen LogP contribution in [0.5, 0.6) is 5.75 Å². The van der Waals surface area contributed by atoms with Gasteiger partial charge >= 0.3 is 0 Å². The summed E-state index contributed by atoms with van der Waals surface area (Å²) in [5.74, 6) is 1.83. The standard InChI is InChI=1S/C45H30N2O2S/c1-28-22-34(43-21-20-42(49-43)32-18-19-36-35-14-6-8-17-44(35)50-45(36)27-32)26-38(46-28)30-12-9-13-31(23-30)39-24-33(29-10-3-2-4-11-29)25-40(47-39)37-15-5-7-16-41(37)48/h2-27,48H,1H3. The van der Waals surface area contributed by atoms with Gasteiger partial charge < -0.3 is 9.52 Å². The molecule has 0 unspecified atom stereocenters. The maximum atomic E-state index is 10.7. The number of rotatable bonds is 6. The first kappa shape index (κ1) is 29.8. The first-order valence-corrected chi connectivity index (χ1v) is 17.3. The van der Waals surface area contributed by atoms with Crippen LogP contribution in [0, 0.1) is 6.92 Å². The third kappa shape index (κ3) is 5.54. The number of benzene rings is 5. The van der Waals surface area contributed by atoms with Gasteiger partial charge in [-0.15, -0.1) is 11.3 Å². The van der Waals surface area contributed by atoms with Gasteiger partial charge in [-0.05, 0) is 84.8 Å². The summed E-state index contributed by atoms with van der Waals surface area (Å²) < 4.78 is 9.03. The molecule has 238 valence electrons. The van der Waals surface area contributed by atoms with E-state index in [2.05, 4.69) is 91.0 Å². The van der Waals surface area contributed by atoms with Crippen molar-refractivity contribution in [3.8, 4) is 73.3 Å². The van der Waals surface area contributed by atoms with E-state index in [4.69, 9.17) is 14.4 Å². The summed E-state index contributed by atoms with van der Waals surface area (Å²) in [6.45, 7) is 2.01. The molecule has 0 aliphatic rings. The number of aromatic nitrogens is 2. The second-order valence-corrected chi connectivity index (χ2v) is 13.5. The van der Waals surface area contributed by atoms with Crippen molar-refractivity contribution in [3.63, 3.8) is 0 Å². The Morgan fingerprint density at radius 1 is 0.460 bits per heavy atom. The summed E-state index contributed by atoms with van der Waals surface area (Å²) in [7, 11) is 0. The van der Waals surface area contributed by atoms with Crippen LogP contribution in [-0.4, -0.2) is 15.1 Å². The normalized spacial score (nSPS) is 11.4. The third-order valence-electron chi connectivity index (χ3n) is 9.07. The Kier molecular flexibility index (Phi) is 7.33. The van der Waals surface area contributed by atoms with Crippen molar-refractivity contribution < 1.29 is 9.52 Å². The Hall–Kier alpha value is -6.30. The first-order valence-electron chi connectivity index (χ1n) is 16.5. The highest BCUT2D eigenvalue weighted by molar-refractivity contribution is 7.25. The monoisotopic (exact) mass is 662 g/mol. The molecule has 0 radical (unpaired) electrons. The molecule has 9 aromatic rings. The molecule has 4 nitrogen and oxygen atoms in total. The minimum atomic E-state index is 0.197. The highest BCUT2D eigenvalue weighted by Gasteiger charge is 2.15. The van der Waals surface area contributed by atoms with E-state index in [1.807, 2.05) is 78.9 Å². The summed E-state index contributed by atoms with van der Waals surface area (Å²) in [6, 6.07) is 53.4. The lowest BCUT2D eigenvalue weighted by Gasteiger charge is -2.12. The zero-order chi connectivity index (χ0) is 33.6. The number of aromatic hydroxyl groups is 1. The molecule has 9 rings (SSSR count). The van der Waals surface area contributed by atoms with Crippen LogP contribution in [0.4, 0.5) is 0 Å². The fraction of sp³-hybridized carbons (Fsp3) is 0.0222. The van der Waals surface area contributed by atoms with Gasteiger partial charge in [0.25, 0.3) is 0 Å². The van der Waals surface area contributed by atoms with E-state index in [1.165, 1.54) is 20.2 Å². The van der Waals surface area contributed by atoms with Crippen LogP contribution in [0.25, 0.3) is 87.7 Å². The number of nitrogens with zero attached hydrogens (tertiary/aromatic N) is 2. The van der Waals surface area contributed by atoms with Crippen molar-refractivity contribution in [2.45, 2.75) is 6.92 Å². The van der Waals surface area contributed by atoms with E-state index in [1.54, 1.807) is 6.07 Å². The number of para-hydroxylation sites is 1. The minimum Gasteiger partial charge on any atom is -0.507 e. The van der Waals surface area contributed by atoms with Crippen LogP contribution in [-0.2, 0) is 0 Å². The highest BCUT2D eigenvalue weighted by Crippen LogP contribution is 2.39. The van der Waals surface area contributed by atoms with Gasteiger partial charge in [0.05, 0.1) is 17.1 Å². The Morgan fingerprint density at radius 3 is 1.96 bits per heavy atom. The molecule has 5 aromatic carbocycles. The van der Waals surface area contributed by atoms with Crippen molar-refractivity contribution in [3.05, 3.63) is 163 Å². The Balaban J connectivity index is 1.08. The number of fused-ring (bicyclic) bond motifs is 3. The Labute approximate surface area is 293 Å². The van der Waals surface area contributed by atoms with Crippen molar-refractivity contribution in [2.24, 2.45) is 0 Å². The fourth-order valence-corrected chi connectivity index (χ4v) is 7.77. The molecule has 5 heteroatoms. The summed E-state index contributed by atoms with van der Waals surface area (Å²) in [5, 5.41) is 13.3. The van der Waals surface area contributed by atoms with Crippen molar-refractivity contribution in [1.29, 1.82) is 0 Å². The topological polar surface area (TPSA) is 59.2 Å². The molecule has 50 heavy (non-hydrogen) atoms. The van der Waals surface area contributed by atoms with E-state index < -0.39 is 0 Å². The van der Waals surface area contributed by atoms with E-state index in [0.29, 0.717) is 11.3 Å². The maximum absolute atomic E-state index is 10.7. The second-order valence-electron chi connectivity index (χ2n) is 12.4. The van der Waals surface area contributed by atoms with Crippen molar-refractivity contribution in [2.75, 3.05) is 0 Å². The van der Waals surface area contributed by atoms with Gasteiger partial charge in [-0.3, -0.25) is 4.98 Å². The van der Waals surface area contributed by atoms with E-state index in [9.17, 15) is 5.11 Å². The van der Waals surface area contributed by atoms with E-state index in [-0.39, 0.29) is 5.75 Å². The number of thiophene rings is 1. The maximum Gasteiger partial charge on any atom is 0.134 e. The first-order chi connectivity index (χ1) is 24.6. The van der Waals surface area contributed by atoms with Gasteiger partial charge in [0.2, 0.25) is 0 Å². The lowest BCUT2D eigenvalue weighted by molar-refractivity contribution is 0.477. The molecule has 0 saturated carbocycles. The predicted octanol–water partition coefficient (Wildman–Crippen LogP) is 12.5. The van der Waals surface area contributed by atoms with Gasteiger partial charge in [0, 0.05) is 53.7 Å². The van der Waals surface area contributed by atoms with Crippen LogP contribution in [0.1, 0.15) is 5.69 Å². The Morgan fingerprint density at radius 2 is 1.12 bits per heavy atom. The van der Waals surface area contributed by atoms with Crippen LogP contribution in [0.15, 0.2) is 162 Å². The smallest absolute Gasteiger partial charge is 0.134 e. The summed E-state index contributed by atoms with van der Waals surface area (Å²) in [6.07, 6.45) is 0. The van der Waals surface area contributed by atoms with Crippen LogP contribution in [0.2, 0.25) is 0 Å². The molecule has 0 fully saturated rings. The van der Waals surface area contributed by atoms with Crippen LogP contribution >= 0.6 is 11.3 Å². The number of aryl methyl sites for hydroxylation is 1. The molecule has 4 aromatic heterocycles. The number of furan rings is 1. The lowest BCUT2D eigenvalue weighted by Crippen LogP contribution is -1.93. The zero-order valence-electron chi connectivity index (χ0n) is 27.2. The van der Waals surface area contributed by atoms with Gasteiger partial charge in [-0.2, -0.15) is 0 Å². The van der Waals surface area contributed by atoms with Gasteiger partial charge in [-0.1, -0.05) is 91.0 Å². The average molecular weight is 663 g/mol. The van der Waals surface area contributed by atoms with Crippen molar-refractivity contribution in [1.82, 2.24) is 9.97 Å². The van der Waals surface area contributed by atoms with Gasteiger partial charge in [0.1, 0.15) is 17.3 Å². The number of pyridine rings is 2. The molecule has 0 amide bonds. The minimum absolute atomic E-state index is 0.197. The molecular formula is C45H30N2O2S.